The van der Waals surface area contributed by atoms with Gasteiger partial charge in [0.15, 0.2) is 5.70 Å². The number of nitrogens with zero attached hydrogens (tertiary/aromatic N) is 1. The fourth-order valence-electron chi connectivity index (χ4n) is 1.36. The van der Waals surface area contributed by atoms with Crippen LogP contribution in [0.4, 0.5) is 0 Å². The number of nitriles is 1. The van der Waals surface area contributed by atoms with E-state index in [2.05, 4.69) is 16.1 Å². The molecule has 0 heterocycles. The molecule has 6 heteroatoms. The lowest BCUT2D eigenvalue weighted by atomic mass is 10.00. The molecule has 0 saturated carbocycles. The molecule has 1 aliphatic carbocycles. The van der Waals surface area contributed by atoms with Gasteiger partial charge in [0, 0.05) is 0 Å². The molecule has 0 saturated heterocycles. The largest absolute Gasteiger partial charge is 0.285 e. The molecule has 0 bridgehead atoms. The highest BCUT2D eigenvalue weighted by atomic mass is 32.2. The van der Waals surface area contributed by atoms with Crippen LogP contribution in [0, 0.1) is 11.3 Å². The second-order valence-corrected chi connectivity index (χ2v) is 5.26. The SMILES string of the molecule is CS(=O)(=O)ONC(=C=CC1=CCCCC1)C#N. The fourth-order valence-corrected chi connectivity index (χ4v) is 1.60. The van der Waals surface area contributed by atoms with Crippen LogP contribution < -0.4 is 5.48 Å². The smallest absolute Gasteiger partial charge is 0.231 e. The van der Waals surface area contributed by atoms with Gasteiger partial charge in [0.1, 0.15) is 6.07 Å². The molecule has 1 rings (SSSR count). The van der Waals surface area contributed by atoms with Gasteiger partial charge in [0.25, 0.3) is 10.1 Å². The maximum Gasteiger partial charge on any atom is 0.285 e. The molecule has 0 atom stereocenters. The predicted molar refractivity (Wildman–Crippen MR) is 62.8 cm³/mol. The summed E-state index contributed by atoms with van der Waals surface area (Å²) in [5.41, 5.74) is 5.75. The highest BCUT2D eigenvalue weighted by Crippen LogP contribution is 2.17. The Hall–Kier alpha value is -1.54. The summed E-state index contributed by atoms with van der Waals surface area (Å²) in [6.07, 6.45) is 8.95. The van der Waals surface area contributed by atoms with Gasteiger partial charge in [-0.3, -0.25) is 0 Å². The molecule has 92 valence electrons. The van der Waals surface area contributed by atoms with Gasteiger partial charge >= 0.3 is 0 Å². The van der Waals surface area contributed by atoms with E-state index in [4.69, 9.17) is 5.26 Å². The Morgan fingerprint density at radius 1 is 1.59 bits per heavy atom. The molecule has 0 aromatic heterocycles. The summed E-state index contributed by atoms with van der Waals surface area (Å²) < 4.78 is 25.7. The van der Waals surface area contributed by atoms with Crippen LogP contribution in [0.2, 0.25) is 0 Å². The van der Waals surface area contributed by atoms with Gasteiger partial charge in [-0.05, 0) is 37.3 Å². The van der Waals surface area contributed by atoms with Crippen LogP contribution in [-0.4, -0.2) is 14.7 Å². The maximum absolute atomic E-state index is 10.7. The third kappa shape index (κ3) is 5.93. The number of hydroxylamine groups is 1. The number of allylic oxidation sites excluding steroid dienone is 3. The van der Waals surface area contributed by atoms with E-state index >= 15 is 0 Å². The number of rotatable bonds is 4. The highest BCUT2D eigenvalue weighted by Gasteiger charge is 2.03. The fraction of sp³-hybridized carbons (Fsp3) is 0.455. The zero-order chi connectivity index (χ0) is 12.7. The van der Waals surface area contributed by atoms with Gasteiger partial charge < -0.3 is 0 Å². The Morgan fingerprint density at radius 2 is 2.35 bits per heavy atom. The minimum Gasteiger partial charge on any atom is -0.231 e. The first-order valence-electron chi connectivity index (χ1n) is 5.21. The summed E-state index contributed by atoms with van der Waals surface area (Å²) in [7, 11) is -3.62. The zero-order valence-corrected chi connectivity index (χ0v) is 10.4. The molecule has 0 aromatic rings. The Kier molecular flexibility index (Phi) is 4.98. The van der Waals surface area contributed by atoms with Crippen LogP contribution in [-0.2, 0) is 14.4 Å². The first-order valence-corrected chi connectivity index (χ1v) is 7.03. The number of nitrogens with one attached hydrogen (secondary N) is 1. The van der Waals surface area contributed by atoms with E-state index < -0.39 is 10.1 Å². The van der Waals surface area contributed by atoms with E-state index in [1.54, 1.807) is 12.1 Å². The van der Waals surface area contributed by atoms with Crippen LogP contribution in [0.25, 0.3) is 0 Å². The van der Waals surface area contributed by atoms with Gasteiger partial charge in [-0.1, -0.05) is 11.8 Å². The molecular formula is C11H14N2O3S. The normalized spacial score (nSPS) is 15.2. The quantitative estimate of drug-likeness (QED) is 0.467. The van der Waals surface area contributed by atoms with E-state index in [0.717, 1.165) is 31.1 Å². The lowest BCUT2D eigenvalue weighted by molar-refractivity contribution is 0.244. The van der Waals surface area contributed by atoms with Crippen LogP contribution in [0.15, 0.2) is 29.2 Å². The van der Waals surface area contributed by atoms with Crippen LogP contribution in [0.1, 0.15) is 25.7 Å². The Balaban J connectivity index is 2.70. The third-order valence-corrected chi connectivity index (χ3v) is 2.52. The average molecular weight is 254 g/mol. The molecular weight excluding hydrogens is 240 g/mol. The molecule has 0 amide bonds. The third-order valence-electron chi connectivity index (χ3n) is 2.13. The van der Waals surface area contributed by atoms with Crippen molar-refractivity contribution in [3.05, 3.63) is 29.2 Å². The first kappa shape index (κ1) is 13.5. The Bertz CT molecular complexity index is 505. The molecule has 0 radical (unpaired) electrons. The van der Waals surface area contributed by atoms with E-state index in [1.165, 1.54) is 6.42 Å². The zero-order valence-electron chi connectivity index (χ0n) is 9.56. The van der Waals surface area contributed by atoms with Crippen molar-refractivity contribution in [3.8, 4) is 6.07 Å². The molecule has 0 fully saturated rings. The van der Waals surface area contributed by atoms with Crippen LogP contribution in [0.3, 0.4) is 0 Å². The summed E-state index contributed by atoms with van der Waals surface area (Å²) in [6, 6.07) is 1.76. The summed E-state index contributed by atoms with van der Waals surface area (Å²) in [5, 5.41) is 8.73. The van der Waals surface area contributed by atoms with Crippen molar-refractivity contribution in [2.24, 2.45) is 0 Å². The maximum atomic E-state index is 10.7. The van der Waals surface area contributed by atoms with Crippen LogP contribution in [0.5, 0.6) is 0 Å². The molecule has 17 heavy (non-hydrogen) atoms. The summed E-state index contributed by atoms with van der Waals surface area (Å²) in [5.74, 6) is 0. The second kappa shape index (κ2) is 6.26. The summed E-state index contributed by atoms with van der Waals surface area (Å²) in [6.45, 7) is 0. The van der Waals surface area contributed by atoms with Crippen molar-refractivity contribution in [3.63, 3.8) is 0 Å². The molecule has 1 N–H and O–H groups in total. The van der Waals surface area contributed by atoms with Crippen molar-refractivity contribution in [1.82, 2.24) is 5.48 Å². The van der Waals surface area contributed by atoms with Gasteiger partial charge in [-0.2, -0.15) is 18.0 Å². The van der Waals surface area contributed by atoms with Crippen molar-refractivity contribution >= 4 is 10.1 Å². The number of hydrogen-bond acceptors (Lipinski definition) is 5. The Morgan fingerprint density at radius 3 is 2.88 bits per heavy atom. The molecule has 1 aliphatic rings. The van der Waals surface area contributed by atoms with Crippen molar-refractivity contribution < 1.29 is 12.7 Å². The predicted octanol–water partition coefficient (Wildman–Crippen LogP) is 1.53. The topological polar surface area (TPSA) is 79.2 Å². The molecule has 0 unspecified atom stereocenters. The lowest BCUT2D eigenvalue weighted by Crippen LogP contribution is -2.17. The lowest BCUT2D eigenvalue weighted by Gasteiger charge is -2.06. The van der Waals surface area contributed by atoms with E-state index in [0.29, 0.717) is 0 Å². The monoisotopic (exact) mass is 254 g/mol. The van der Waals surface area contributed by atoms with Gasteiger partial charge in [-0.15, -0.1) is 0 Å². The molecule has 5 nitrogen and oxygen atoms in total. The van der Waals surface area contributed by atoms with Crippen molar-refractivity contribution in [2.75, 3.05) is 6.26 Å². The van der Waals surface area contributed by atoms with Crippen LogP contribution >= 0.6 is 0 Å². The van der Waals surface area contributed by atoms with Crippen molar-refractivity contribution in [2.45, 2.75) is 25.7 Å². The van der Waals surface area contributed by atoms with Gasteiger partial charge in [0.05, 0.1) is 6.26 Å². The minimum atomic E-state index is -3.62. The van der Waals surface area contributed by atoms with E-state index in [1.807, 2.05) is 5.48 Å². The second-order valence-electron chi connectivity index (χ2n) is 3.69. The summed E-state index contributed by atoms with van der Waals surface area (Å²) in [4.78, 5) is 0. The van der Waals surface area contributed by atoms with Crippen molar-refractivity contribution in [1.29, 1.82) is 5.26 Å². The van der Waals surface area contributed by atoms with E-state index in [-0.39, 0.29) is 5.70 Å². The molecule has 0 aromatic carbocycles. The Labute approximate surface area is 101 Å². The molecule has 0 spiro atoms. The van der Waals surface area contributed by atoms with E-state index in [9.17, 15) is 8.42 Å². The summed E-state index contributed by atoms with van der Waals surface area (Å²) >= 11 is 0. The number of hydrogen-bond donors (Lipinski definition) is 1. The average Bonchev–Trinajstić information content (AvgIpc) is 2.29. The van der Waals surface area contributed by atoms with Gasteiger partial charge in [-0.25, -0.2) is 5.48 Å². The minimum absolute atomic E-state index is 0.0677. The standard InChI is InChI=1S/C11H14N2O3S/c1-17(14,15)16-13-11(9-12)8-7-10-5-3-2-4-6-10/h5,7,13H,2-4,6H2,1H3. The first-order chi connectivity index (χ1) is 8.01. The highest BCUT2D eigenvalue weighted by molar-refractivity contribution is 7.85. The molecule has 0 aliphatic heterocycles. The van der Waals surface area contributed by atoms with Gasteiger partial charge in [0.2, 0.25) is 0 Å².